The quantitative estimate of drug-likeness (QED) is 0.824. The molecule has 2 aromatic rings. The molecule has 0 saturated carbocycles. The Morgan fingerprint density at radius 3 is 2.81 bits per heavy atom. The van der Waals surface area contributed by atoms with E-state index in [2.05, 4.69) is 23.4 Å². The lowest BCUT2D eigenvalue weighted by Crippen LogP contribution is -2.61. The zero-order valence-corrected chi connectivity index (χ0v) is 9.53. The summed E-state index contributed by atoms with van der Waals surface area (Å²) in [7, 11) is 1.94. The first kappa shape index (κ1) is 9.66. The van der Waals surface area contributed by atoms with Crippen molar-refractivity contribution in [3.8, 4) is 5.88 Å². The highest BCUT2D eigenvalue weighted by atomic mass is 16.5. The van der Waals surface area contributed by atoms with Gasteiger partial charge in [0.25, 0.3) is 0 Å². The first-order valence-electron chi connectivity index (χ1n) is 5.49. The number of nitrogens with one attached hydrogen (secondary N) is 1. The number of nitrogens with zero attached hydrogens (tertiary/aromatic N) is 2. The van der Waals surface area contributed by atoms with Crippen molar-refractivity contribution in [2.24, 2.45) is 7.05 Å². The van der Waals surface area contributed by atoms with Crippen molar-refractivity contribution < 1.29 is 4.74 Å². The van der Waals surface area contributed by atoms with E-state index in [0.29, 0.717) is 0 Å². The van der Waals surface area contributed by atoms with Crippen LogP contribution in [0.15, 0.2) is 24.3 Å². The van der Waals surface area contributed by atoms with Crippen LogP contribution in [0.3, 0.4) is 0 Å². The van der Waals surface area contributed by atoms with Gasteiger partial charge in [-0.25, -0.2) is 0 Å². The van der Waals surface area contributed by atoms with E-state index in [1.165, 1.54) is 0 Å². The van der Waals surface area contributed by atoms with Crippen molar-refractivity contribution in [2.45, 2.75) is 12.5 Å². The Kier molecular flexibility index (Phi) is 1.94. The fraction of sp³-hybridized carbons (Fsp3) is 0.417. The second-order valence-corrected chi connectivity index (χ2v) is 4.60. The number of hydrogen-bond acceptors (Lipinski definition) is 3. The van der Waals surface area contributed by atoms with Crippen molar-refractivity contribution >= 4 is 10.9 Å². The van der Waals surface area contributed by atoms with Gasteiger partial charge in [-0.3, -0.25) is 4.68 Å². The summed E-state index contributed by atoms with van der Waals surface area (Å²) < 4.78 is 7.84. The van der Waals surface area contributed by atoms with Crippen LogP contribution in [0, 0.1) is 0 Å². The molecule has 84 valence electrons. The summed E-state index contributed by atoms with van der Waals surface area (Å²) in [5.41, 5.74) is 1.00. The topological polar surface area (TPSA) is 39.1 Å². The van der Waals surface area contributed by atoms with Crippen LogP contribution in [0.5, 0.6) is 5.88 Å². The number of benzene rings is 1. The van der Waals surface area contributed by atoms with Crippen LogP contribution in [0.4, 0.5) is 0 Å². The fourth-order valence-corrected chi connectivity index (χ4v) is 2.04. The third-order valence-electron chi connectivity index (χ3n) is 3.06. The van der Waals surface area contributed by atoms with E-state index < -0.39 is 0 Å². The standard InChI is InChI=1S/C12H15N3O/c1-12(7-13-8-12)16-11-9-5-3-4-6-10(9)15(2)14-11/h3-6,13H,7-8H2,1-2H3. The Balaban J connectivity index is 2.03. The number of ether oxygens (including phenoxy) is 1. The maximum atomic E-state index is 5.98. The Morgan fingerprint density at radius 2 is 2.12 bits per heavy atom. The van der Waals surface area contributed by atoms with Gasteiger partial charge < -0.3 is 10.1 Å². The zero-order chi connectivity index (χ0) is 11.2. The Labute approximate surface area is 94.2 Å². The summed E-state index contributed by atoms with van der Waals surface area (Å²) in [6, 6.07) is 8.13. The number of para-hydroxylation sites is 1. The first-order chi connectivity index (χ1) is 7.68. The minimum Gasteiger partial charge on any atom is -0.467 e. The predicted molar refractivity (Wildman–Crippen MR) is 62.6 cm³/mol. The van der Waals surface area contributed by atoms with Gasteiger partial charge in [-0.2, -0.15) is 0 Å². The third kappa shape index (κ3) is 1.38. The molecule has 2 heterocycles. The molecule has 0 atom stereocenters. The molecule has 0 bridgehead atoms. The Morgan fingerprint density at radius 1 is 1.38 bits per heavy atom. The van der Waals surface area contributed by atoms with E-state index in [9.17, 15) is 0 Å². The highest BCUT2D eigenvalue weighted by molar-refractivity contribution is 5.84. The first-order valence-corrected chi connectivity index (χ1v) is 5.49. The normalized spacial score (nSPS) is 18.4. The fourth-order valence-electron chi connectivity index (χ4n) is 2.04. The van der Waals surface area contributed by atoms with Crippen molar-refractivity contribution in [3.63, 3.8) is 0 Å². The molecule has 0 radical (unpaired) electrons. The summed E-state index contributed by atoms with van der Waals surface area (Å²) in [6.07, 6.45) is 0. The van der Waals surface area contributed by atoms with Crippen molar-refractivity contribution in [1.82, 2.24) is 15.1 Å². The molecule has 4 heteroatoms. The van der Waals surface area contributed by atoms with Gasteiger partial charge in [0.15, 0.2) is 0 Å². The lowest BCUT2D eigenvalue weighted by Gasteiger charge is -2.38. The van der Waals surface area contributed by atoms with E-state index in [4.69, 9.17) is 4.74 Å². The van der Waals surface area contributed by atoms with Gasteiger partial charge in [-0.15, -0.1) is 5.10 Å². The third-order valence-corrected chi connectivity index (χ3v) is 3.06. The van der Waals surface area contributed by atoms with E-state index in [1.807, 2.05) is 29.9 Å². The molecule has 16 heavy (non-hydrogen) atoms. The summed E-state index contributed by atoms with van der Waals surface area (Å²) in [6.45, 7) is 3.88. The van der Waals surface area contributed by atoms with E-state index in [-0.39, 0.29) is 5.60 Å². The SMILES string of the molecule is Cn1nc(OC2(C)CNC2)c2ccccc21. The van der Waals surface area contributed by atoms with E-state index in [1.54, 1.807) is 0 Å². The minimum atomic E-state index is -0.100. The van der Waals surface area contributed by atoms with E-state index >= 15 is 0 Å². The number of rotatable bonds is 2. The molecule has 4 nitrogen and oxygen atoms in total. The van der Waals surface area contributed by atoms with Crippen LogP contribution in [-0.4, -0.2) is 28.5 Å². The highest BCUT2D eigenvalue weighted by Crippen LogP contribution is 2.28. The Hall–Kier alpha value is -1.55. The van der Waals surface area contributed by atoms with Crippen LogP contribution >= 0.6 is 0 Å². The summed E-state index contributed by atoms with van der Waals surface area (Å²) in [4.78, 5) is 0. The summed E-state index contributed by atoms with van der Waals surface area (Å²) in [5, 5.41) is 8.72. The summed E-state index contributed by atoms with van der Waals surface area (Å²) >= 11 is 0. The second-order valence-electron chi connectivity index (χ2n) is 4.60. The molecule has 1 fully saturated rings. The minimum absolute atomic E-state index is 0.100. The largest absolute Gasteiger partial charge is 0.467 e. The average molecular weight is 217 g/mol. The van der Waals surface area contributed by atoms with Crippen molar-refractivity contribution in [1.29, 1.82) is 0 Å². The van der Waals surface area contributed by atoms with Crippen LogP contribution in [0.25, 0.3) is 10.9 Å². The van der Waals surface area contributed by atoms with E-state index in [0.717, 1.165) is 29.9 Å². The van der Waals surface area contributed by atoms with Crippen molar-refractivity contribution in [2.75, 3.05) is 13.1 Å². The maximum Gasteiger partial charge on any atom is 0.241 e. The maximum absolute atomic E-state index is 5.98. The Bertz CT molecular complexity index is 528. The lowest BCUT2D eigenvalue weighted by molar-refractivity contribution is 0.0313. The van der Waals surface area contributed by atoms with Gasteiger partial charge in [0.05, 0.1) is 10.9 Å². The molecule has 1 aliphatic heterocycles. The van der Waals surface area contributed by atoms with Gasteiger partial charge in [0.2, 0.25) is 5.88 Å². The lowest BCUT2D eigenvalue weighted by atomic mass is 10.0. The molecule has 1 saturated heterocycles. The van der Waals surface area contributed by atoms with Gasteiger partial charge in [-0.05, 0) is 19.1 Å². The van der Waals surface area contributed by atoms with Crippen LogP contribution in [0.2, 0.25) is 0 Å². The molecule has 3 rings (SSSR count). The smallest absolute Gasteiger partial charge is 0.241 e. The molecule has 0 aliphatic carbocycles. The highest BCUT2D eigenvalue weighted by Gasteiger charge is 2.35. The van der Waals surface area contributed by atoms with Crippen LogP contribution < -0.4 is 10.1 Å². The number of hydrogen-bond donors (Lipinski definition) is 1. The molecule has 1 aromatic heterocycles. The monoisotopic (exact) mass is 217 g/mol. The molecule has 1 aliphatic rings. The van der Waals surface area contributed by atoms with Gasteiger partial charge >= 0.3 is 0 Å². The zero-order valence-electron chi connectivity index (χ0n) is 9.53. The molecule has 1 aromatic carbocycles. The average Bonchev–Trinajstić information content (AvgIpc) is 2.55. The molecular formula is C12H15N3O. The molecule has 0 amide bonds. The summed E-state index contributed by atoms with van der Waals surface area (Å²) in [5.74, 6) is 0.738. The van der Waals surface area contributed by atoms with Gasteiger partial charge in [-0.1, -0.05) is 12.1 Å². The second kappa shape index (κ2) is 3.22. The van der Waals surface area contributed by atoms with Crippen LogP contribution in [-0.2, 0) is 7.05 Å². The number of aromatic nitrogens is 2. The van der Waals surface area contributed by atoms with Gasteiger partial charge in [0.1, 0.15) is 5.60 Å². The molecule has 0 unspecified atom stereocenters. The predicted octanol–water partition coefficient (Wildman–Crippen LogP) is 1.31. The number of fused-ring (bicyclic) bond motifs is 1. The van der Waals surface area contributed by atoms with Crippen molar-refractivity contribution in [3.05, 3.63) is 24.3 Å². The number of aryl methyl sites for hydroxylation is 1. The molecule has 1 N–H and O–H groups in total. The van der Waals surface area contributed by atoms with Crippen LogP contribution in [0.1, 0.15) is 6.92 Å². The molecular weight excluding hydrogens is 202 g/mol. The molecule has 0 spiro atoms. The van der Waals surface area contributed by atoms with Gasteiger partial charge in [0, 0.05) is 20.1 Å².